The fraction of sp³-hybridized carbons (Fsp3) is 0.286. The van der Waals surface area contributed by atoms with Gasteiger partial charge in [-0.15, -0.1) is 0 Å². The van der Waals surface area contributed by atoms with Gasteiger partial charge >= 0.3 is 0 Å². The van der Waals surface area contributed by atoms with Crippen molar-refractivity contribution in [2.45, 2.75) is 28.7 Å². The molecule has 2 aromatic carbocycles. The Kier molecular flexibility index (Phi) is 5.57. The largest absolute Gasteiger partial charge is 0.382 e. The van der Waals surface area contributed by atoms with Crippen molar-refractivity contribution < 1.29 is 8.42 Å². The van der Waals surface area contributed by atoms with Gasteiger partial charge in [-0.25, -0.2) is 12.7 Å². The van der Waals surface area contributed by atoms with Gasteiger partial charge in [0, 0.05) is 52.4 Å². The molecule has 3 aromatic rings. The van der Waals surface area contributed by atoms with Crippen molar-refractivity contribution in [2.75, 3.05) is 24.7 Å². The van der Waals surface area contributed by atoms with Crippen LogP contribution in [0.3, 0.4) is 0 Å². The van der Waals surface area contributed by atoms with Crippen molar-refractivity contribution in [3.05, 3.63) is 60.9 Å². The Balaban J connectivity index is 1.57. The monoisotopic (exact) mass is 413 g/mol. The van der Waals surface area contributed by atoms with Crippen LogP contribution in [0.2, 0.25) is 0 Å². The van der Waals surface area contributed by atoms with Crippen LogP contribution >= 0.6 is 11.8 Å². The number of benzene rings is 2. The fourth-order valence-electron chi connectivity index (χ4n) is 3.53. The summed E-state index contributed by atoms with van der Waals surface area (Å²) in [6.45, 7) is 1.12. The van der Waals surface area contributed by atoms with Gasteiger partial charge in [-0.3, -0.25) is 4.98 Å². The fourth-order valence-corrected chi connectivity index (χ4v) is 5.33. The summed E-state index contributed by atoms with van der Waals surface area (Å²) in [4.78, 5) is 6.66. The first-order chi connectivity index (χ1) is 13.5. The summed E-state index contributed by atoms with van der Waals surface area (Å²) in [5, 5.41) is 5.88. The molecule has 0 atom stereocenters. The molecule has 5 nitrogen and oxygen atoms in total. The molecule has 1 N–H and O–H groups in total. The number of pyridine rings is 1. The first-order valence-corrected chi connectivity index (χ1v) is 12.0. The third-order valence-corrected chi connectivity index (χ3v) is 7.27. The number of nitrogens with one attached hydrogen (secondary N) is 1. The van der Waals surface area contributed by atoms with E-state index in [9.17, 15) is 8.42 Å². The van der Waals surface area contributed by atoms with Gasteiger partial charge in [-0.1, -0.05) is 30.0 Å². The normalized spacial score (nSPS) is 16.3. The number of nitrogens with zero attached hydrogens (tertiary/aromatic N) is 2. The molecule has 28 heavy (non-hydrogen) atoms. The van der Waals surface area contributed by atoms with Crippen molar-refractivity contribution in [3.63, 3.8) is 0 Å². The minimum absolute atomic E-state index is 0.249. The Morgan fingerprint density at radius 2 is 1.82 bits per heavy atom. The molecule has 2 heterocycles. The Morgan fingerprint density at radius 1 is 1.07 bits per heavy atom. The smallest absolute Gasteiger partial charge is 0.211 e. The second-order valence-corrected chi connectivity index (χ2v) is 10.2. The quantitative estimate of drug-likeness (QED) is 0.678. The molecule has 1 fully saturated rings. The van der Waals surface area contributed by atoms with E-state index >= 15 is 0 Å². The molecule has 0 unspecified atom stereocenters. The Hall–Kier alpha value is -2.09. The molecule has 0 radical (unpaired) electrons. The molecule has 0 bridgehead atoms. The molecule has 1 saturated heterocycles. The van der Waals surface area contributed by atoms with Crippen LogP contribution in [0.5, 0.6) is 0 Å². The summed E-state index contributed by atoms with van der Waals surface area (Å²) in [6, 6.07) is 17.0. The van der Waals surface area contributed by atoms with E-state index in [-0.39, 0.29) is 6.04 Å². The van der Waals surface area contributed by atoms with E-state index in [2.05, 4.69) is 34.6 Å². The molecule has 0 amide bonds. The number of anilines is 1. The number of fused-ring (bicyclic) bond motifs is 1. The number of aromatic nitrogens is 1. The third-order valence-electron chi connectivity index (χ3n) is 4.99. The second kappa shape index (κ2) is 8.11. The number of hydrogen-bond acceptors (Lipinski definition) is 5. The van der Waals surface area contributed by atoms with Gasteiger partial charge in [0.1, 0.15) is 0 Å². The average Bonchev–Trinajstić information content (AvgIpc) is 2.68. The van der Waals surface area contributed by atoms with Crippen LogP contribution < -0.4 is 5.32 Å². The van der Waals surface area contributed by atoms with Gasteiger partial charge in [0.15, 0.2) is 0 Å². The lowest BCUT2D eigenvalue weighted by atomic mass is 10.0. The summed E-state index contributed by atoms with van der Waals surface area (Å²) >= 11 is 1.73. The van der Waals surface area contributed by atoms with Gasteiger partial charge in [-0.2, -0.15) is 0 Å². The van der Waals surface area contributed by atoms with Crippen LogP contribution in [0.4, 0.5) is 5.69 Å². The van der Waals surface area contributed by atoms with Crippen LogP contribution in [0.1, 0.15) is 12.8 Å². The Labute approximate surface area is 170 Å². The Morgan fingerprint density at radius 3 is 2.54 bits per heavy atom. The standard InChI is InChI=1S/C21H23N3O2S2/c1-28(25,26)24-11-8-17(9-12-24)23-21-14-19(27-18-5-3-2-4-6-18)13-16-7-10-22-15-20(16)21/h2-7,10,13-15,17,23H,8-9,11-12H2,1H3. The minimum atomic E-state index is -3.11. The maximum atomic E-state index is 11.7. The summed E-state index contributed by atoms with van der Waals surface area (Å²) in [5.41, 5.74) is 1.06. The predicted molar refractivity (Wildman–Crippen MR) is 115 cm³/mol. The lowest BCUT2D eigenvalue weighted by Gasteiger charge is -2.31. The van der Waals surface area contributed by atoms with E-state index in [0.717, 1.165) is 29.3 Å². The van der Waals surface area contributed by atoms with Crippen molar-refractivity contribution in [1.82, 2.24) is 9.29 Å². The number of sulfonamides is 1. The molecule has 7 heteroatoms. The van der Waals surface area contributed by atoms with Crippen LogP contribution in [-0.4, -0.2) is 43.1 Å². The molecule has 1 aliphatic rings. The lowest BCUT2D eigenvalue weighted by Crippen LogP contribution is -2.41. The van der Waals surface area contributed by atoms with E-state index in [0.29, 0.717) is 13.1 Å². The second-order valence-electron chi connectivity index (χ2n) is 7.06. The molecule has 0 aliphatic carbocycles. The topological polar surface area (TPSA) is 62.3 Å². The molecule has 0 saturated carbocycles. The zero-order valence-electron chi connectivity index (χ0n) is 15.7. The zero-order valence-corrected chi connectivity index (χ0v) is 17.3. The SMILES string of the molecule is CS(=O)(=O)N1CCC(Nc2cc(Sc3ccccc3)cc3ccncc23)CC1. The summed E-state index contributed by atoms with van der Waals surface area (Å²) in [5.74, 6) is 0. The van der Waals surface area contributed by atoms with Crippen LogP contribution in [-0.2, 0) is 10.0 Å². The summed E-state index contributed by atoms with van der Waals surface area (Å²) in [7, 11) is -3.11. The van der Waals surface area contributed by atoms with Gasteiger partial charge in [0.05, 0.1) is 6.26 Å². The molecule has 1 aliphatic heterocycles. The average molecular weight is 414 g/mol. The van der Waals surface area contributed by atoms with Gasteiger partial charge in [0.25, 0.3) is 0 Å². The van der Waals surface area contributed by atoms with Gasteiger partial charge in [-0.05, 0) is 48.6 Å². The minimum Gasteiger partial charge on any atom is -0.382 e. The summed E-state index contributed by atoms with van der Waals surface area (Å²) in [6.07, 6.45) is 6.58. The maximum Gasteiger partial charge on any atom is 0.211 e. The molecular formula is C21H23N3O2S2. The highest BCUT2D eigenvalue weighted by atomic mass is 32.2. The highest BCUT2D eigenvalue weighted by Crippen LogP contribution is 2.35. The van der Waals surface area contributed by atoms with E-state index in [1.165, 1.54) is 16.0 Å². The zero-order chi connectivity index (χ0) is 19.6. The van der Waals surface area contributed by atoms with Crippen molar-refractivity contribution in [2.24, 2.45) is 0 Å². The highest BCUT2D eigenvalue weighted by molar-refractivity contribution is 7.99. The van der Waals surface area contributed by atoms with Crippen molar-refractivity contribution in [3.8, 4) is 0 Å². The molecule has 0 spiro atoms. The molecule has 4 rings (SSSR count). The van der Waals surface area contributed by atoms with Crippen molar-refractivity contribution in [1.29, 1.82) is 0 Å². The maximum absolute atomic E-state index is 11.7. The van der Waals surface area contributed by atoms with Crippen LogP contribution in [0.15, 0.2) is 70.7 Å². The lowest BCUT2D eigenvalue weighted by molar-refractivity contribution is 0.332. The van der Waals surface area contributed by atoms with Gasteiger partial charge < -0.3 is 5.32 Å². The molecule has 146 valence electrons. The van der Waals surface area contributed by atoms with Crippen molar-refractivity contribution >= 4 is 38.2 Å². The first kappa shape index (κ1) is 19.2. The highest BCUT2D eigenvalue weighted by Gasteiger charge is 2.25. The van der Waals surface area contributed by atoms with E-state index in [4.69, 9.17) is 0 Å². The van der Waals surface area contributed by atoms with E-state index < -0.39 is 10.0 Å². The number of piperidine rings is 1. The van der Waals surface area contributed by atoms with Crippen LogP contribution in [0, 0.1) is 0 Å². The van der Waals surface area contributed by atoms with Gasteiger partial charge in [0.2, 0.25) is 10.0 Å². The predicted octanol–water partition coefficient (Wildman–Crippen LogP) is 4.22. The molecular weight excluding hydrogens is 390 g/mol. The van der Waals surface area contributed by atoms with E-state index in [1.54, 1.807) is 16.1 Å². The number of rotatable bonds is 5. The first-order valence-electron chi connectivity index (χ1n) is 9.31. The van der Waals surface area contributed by atoms with Crippen LogP contribution in [0.25, 0.3) is 10.8 Å². The number of hydrogen-bond donors (Lipinski definition) is 1. The third kappa shape index (κ3) is 4.48. The van der Waals surface area contributed by atoms with E-state index in [1.807, 2.05) is 36.7 Å². The molecule has 1 aromatic heterocycles. The summed E-state index contributed by atoms with van der Waals surface area (Å²) < 4.78 is 25.0. The Bertz CT molecular complexity index is 1060.